The highest BCUT2D eigenvalue weighted by molar-refractivity contribution is 6.33. The molecule has 136 valence electrons. The van der Waals surface area contributed by atoms with E-state index in [1.165, 1.54) is 18.3 Å². The first-order valence-corrected chi connectivity index (χ1v) is 8.35. The number of halogens is 1. The summed E-state index contributed by atoms with van der Waals surface area (Å²) >= 11 is 5.97. The molecule has 27 heavy (non-hydrogen) atoms. The summed E-state index contributed by atoms with van der Waals surface area (Å²) in [7, 11) is 0. The number of hydrogen-bond donors (Lipinski definition) is 2. The van der Waals surface area contributed by atoms with Crippen LogP contribution in [0, 0.1) is 6.92 Å². The van der Waals surface area contributed by atoms with Gasteiger partial charge in [0, 0.05) is 11.1 Å². The third-order valence-corrected chi connectivity index (χ3v) is 4.06. The molecule has 0 saturated carbocycles. The number of hydrogen-bond acceptors (Lipinski definition) is 4. The van der Waals surface area contributed by atoms with E-state index in [0.29, 0.717) is 22.6 Å². The maximum atomic E-state index is 12.0. The molecule has 0 aliphatic heterocycles. The average Bonchev–Trinajstić information content (AvgIpc) is 3.10. The Labute approximate surface area is 160 Å². The van der Waals surface area contributed by atoms with Crippen molar-refractivity contribution in [3.63, 3.8) is 0 Å². The fourth-order valence-electron chi connectivity index (χ4n) is 2.42. The molecule has 0 bridgehead atoms. The maximum Gasteiger partial charge on any atom is 0.337 e. The third kappa shape index (κ3) is 4.43. The van der Waals surface area contributed by atoms with Crippen LogP contribution in [0.25, 0.3) is 11.3 Å². The Morgan fingerprint density at radius 2 is 1.96 bits per heavy atom. The van der Waals surface area contributed by atoms with Crippen molar-refractivity contribution in [1.82, 2.24) is 5.43 Å². The monoisotopic (exact) mass is 382 g/mol. The van der Waals surface area contributed by atoms with Gasteiger partial charge < -0.3 is 9.52 Å². The number of benzene rings is 2. The maximum absolute atomic E-state index is 12.0. The second-order valence-corrected chi connectivity index (χ2v) is 6.18. The Hall–Kier alpha value is -3.38. The molecule has 0 atom stereocenters. The van der Waals surface area contributed by atoms with E-state index >= 15 is 0 Å². The van der Waals surface area contributed by atoms with Crippen LogP contribution in [0.4, 0.5) is 0 Å². The first-order valence-electron chi connectivity index (χ1n) is 7.97. The summed E-state index contributed by atoms with van der Waals surface area (Å²) in [5.41, 5.74) is 4.59. The van der Waals surface area contributed by atoms with Gasteiger partial charge in [-0.3, -0.25) is 4.79 Å². The summed E-state index contributed by atoms with van der Waals surface area (Å²) in [6.07, 6.45) is 1.38. The van der Waals surface area contributed by atoms with Crippen LogP contribution in [0.2, 0.25) is 5.02 Å². The van der Waals surface area contributed by atoms with Crippen LogP contribution in [-0.2, 0) is 0 Å². The van der Waals surface area contributed by atoms with E-state index in [1.54, 1.807) is 36.4 Å². The lowest BCUT2D eigenvalue weighted by molar-refractivity contribution is 0.0696. The van der Waals surface area contributed by atoms with E-state index in [-0.39, 0.29) is 16.5 Å². The van der Waals surface area contributed by atoms with Gasteiger partial charge in [0.15, 0.2) is 0 Å². The average molecular weight is 383 g/mol. The normalized spacial score (nSPS) is 10.9. The molecule has 2 aromatic carbocycles. The van der Waals surface area contributed by atoms with Gasteiger partial charge >= 0.3 is 5.97 Å². The SMILES string of the molecule is Cc1cccc(C(=O)N/N=C\c2ccc(-c3ccc(C(=O)O)c(Cl)c3)o2)c1. The number of carbonyl (C=O) groups excluding carboxylic acids is 1. The Bertz CT molecular complexity index is 1040. The van der Waals surface area contributed by atoms with Crippen molar-refractivity contribution in [3.05, 3.63) is 82.1 Å². The lowest BCUT2D eigenvalue weighted by Gasteiger charge is -2.01. The van der Waals surface area contributed by atoms with Crippen LogP contribution in [0.3, 0.4) is 0 Å². The van der Waals surface area contributed by atoms with Crippen LogP contribution in [0.1, 0.15) is 32.0 Å². The zero-order chi connectivity index (χ0) is 19.4. The number of carboxylic acid groups (broad SMARTS) is 1. The second kappa shape index (κ2) is 7.88. The van der Waals surface area contributed by atoms with Crippen molar-refractivity contribution >= 4 is 29.7 Å². The minimum absolute atomic E-state index is 0.0209. The first-order chi connectivity index (χ1) is 12.9. The molecule has 0 unspecified atom stereocenters. The topological polar surface area (TPSA) is 91.9 Å². The van der Waals surface area contributed by atoms with Gasteiger partial charge in [0.25, 0.3) is 5.91 Å². The van der Waals surface area contributed by atoms with Crippen LogP contribution < -0.4 is 5.43 Å². The van der Waals surface area contributed by atoms with Gasteiger partial charge in [-0.25, -0.2) is 10.2 Å². The summed E-state index contributed by atoms with van der Waals surface area (Å²) in [5, 5.41) is 13.0. The molecule has 0 aliphatic rings. The largest absolute Gasteiger partial charge is 0.478 e. The number of aromatic carboxylic acids is 1. The Morgan fingerprint density at radius 3 is 2.67 bits per heavy atom. The first kappa shape index (κ1) is 18.4. The number of furan rings is 1. The molecule has 0 saturated heterocycles. The van der Waals surface area contributed by atoms with E-state index in [4.69, 9.17) is 21.1 Å². The van der Waals surface area contributed by atoms with Crippen molar-refractivity contribution in [2.45, 2.75) is 6.92 Å². The zero-order valence-electron chi connectivity index (χ0n) is 14.3. The van der Waals surface area contributed by atoms with Gasteiger partial charge in [-0.05, 0) is 43.3 Å². The number of carboxylic acids is 1. The fourth-order valence-corrected chi connectivity index (χ4v) is 2.69. The summed E-state index contributed by atoms with van der Waals surface area (Å²) < 4.78 is 5.63. The lowest BCUT2D eigenvalue weighted by Crippen LogP contribution is -2.17. The summed E-state index contributed by atoms with van der Waals surface area (Å²) in [5.74, 6) is -0.491. The van der Waals surface area contributed by atoms with Gasteiger partial charge in [-0.2, -0.15) is 5.10 Å². The molecule has 3 aromatic rings. The summed E-state index contributed by atoms with van der Waals surface area (Å²) in [4.78, 5) is 23.0. The molecule has 0 spiro atoms. The van der Waals surface area contributed by atoms with Crippen LogP contribution in [-0.4, -0.2) is 23.2 Å². The predicted octanol–water partition coefficient (Wildman–Crippen LogP) is 4.37. The highest BCUT2D eigenvalue weighted by Gasteiger charge is 2.11. The van der Waals surface area contributed by atoms with E-state index < -0.39 is 5.97 Å². The Balaban J connectivity index is 1.69. The quantitative estimate of drug-likeness (QED) is 0.506. The van der Waals surface area contributed by atoms with Crippen molar-refractivity contribution in [2.75, 3.05) is 0 Å². The standard InChI is InChI=1S/C20H15ClN2O4/c1-12-3-2-4-14(9-12)19(24)23-22-11-15-6-8-18(27-15)13-5-7-16(20(25)26)17(21)10-13/h2-11H,1H3,(H,23,24)(H,25,26)/b22-11-. The molecule has 6 nitrogen and oxygen atoms in total. The number of aryl methyl sites for hydroxylation is 1. The van der Waals surface area contributed by atoms with E-state index in [9.17, 15) is 9.59 Å². The van der Waals surface area contributed by atoms with Gasteiger partial charge in [0.2, 0.25) is 0 Å². The molecule has 2 N–H and O–H groups in total. The number of carbonyl (C=O) groups is 2. The summed E-state index contributed by atoms with van der Waals surface area (Å²) in [6.45, 7) is 1.90. The van der Waals surface area contributed by atoms with E-state index in [0.717, 1.165) is 5.56 Å². The molecule has 0 radical (unpaired) electrons. The highest BCUT2D eigenvalue weighted by atomic mass is 35.5. The second-order valence-electron chi connectivity index (χ2n) is 5.77. The molecule has 1 amide bonds. The van der Waals surface area contributed by atoms with Crippen molar-refractivity contribution in [2.24, 2.45) is 5.10 Å². The summed E-state index contributed by atoms with van der Waals surface area (Å²) in [6, 6.07) is 15.1. The fraction of sp³-hybridized carbons (Fsp3) is 0.0500. The Morgan fingerprint density at radius 1 is 1.15 bits per heavy atom. The smallest absolute Gasteiger partial charge is 0.337 e. The Kier molecular flexibility index (Phi) is 5.38. The van der Waals surface area contributed by atoms with E-state index in [2.05, 4.69) is 10.5 Å². The molecule has 0 fully saturated rings. The predicted molar refractivity (Wildman–Crippen MR) is 102 cm³/mol. The van der Waals surface area contributed by atoms with Gasteiger partial charge in [0.05, 0.1) is 16.8 Å². The van der Waals surface area contributed by atoms with Gasteiger partial charge in [-0.15, -0.1) is 0 Å². The van der Waals surface area contributed by atoms with Gasteiger partial charge in [-0.1, -0.05) is 35.4 Å². The molecule has 1 aromatic heterocycles. The highest BCUT2D eigenvalue weighted by Crippen LogP contribution is 2.27. The molecule has 7 heteroatoms. The van der Waals surface area contributed by atoms with Crippen LogP contribution in [0.15, 0.2) is 64.1 Å². The minimum Gasteiger partial charge on any atom is -0.478 e. The molecule has 1 heterocycles. The molecular formula is C20H15ClN2O4. The van der Waals surface area contributed by atoms with Crippen molar-refractivity contribution in [3.8, 4) is 11.3 Å². The molecule has 3 rings (SSSR count). The minimum atomic E-state index is -1.09. The number of hydrazone groups is 1. The molecular weight excluding hydrogens is 368 g/mol. The van der Waals surface area contributed by atoms with Crippen molar-refractivity contribution in [1.29, 1.82) is 0 Å². The van der Waals surface area contributed by atoms with Crippen LogP contribution >= 0.6 is 11.6 Å². The zero-order valence-corrected chi connectivity index (χ0v) is 15.0. The van der Waals surface area contributed by atoms with Crippen LogP contribution in [0.5, 0.6) is 0 Å². The lowest BCUT2D eigenvalue weighted by atomic mass is 10.1. The number of nitrogens with zero attached hydrogens (tertiary/aromatic N) is 1. The number of rotatable bonds is 5. The number of amides is 1. The number of nitrogens with one attached hydrogen (secondary N) is 1. The van der Waals surface area contributed by atoms with E-state index in [1.807, 2.05) is 13.0 Å². The van der Waals surface area contributed by atoms with Gasteiger partial charge in [0.1, 0.15) is 11.5 Å². The molecule has 0 aliphatic carbocycles. The third-order valence-electron chi connectivity index (χ3n) is 3.75. The van der Waals surface area contributed by atoms with Crippen molar-refractivity contribution < 1.29 is 19.1 Å².